The van der Waals surface area contributed by atoms with Crippen LogP contribution in [0.4, 0.5) is 11.4 Å². The third kappa shape index (κ3) is 1.56. The Bertz CT molecular complexity index is 1550. The van der Waals surface area contributed by atoms with Gasteiger partial charge in [-0.2, -0.15) is 0 Å². The molecule has 1 aliphatic rings. The van der Waals surface area contributed by atoms with E-state index in [-0.39, 0.29) is 0 Å². The summed E-state index contributed by atoms with van der Waals surface area (Å²) in [6, 6.07) is 25.7. The Morgan fingerprint density at radius 3 is 1.96 bits per heavy atom. The molecule has 1 radical (unpaired) electrons. The molecule has 6 aromatic rings. The van der Waals surface area contributed by atoms with Crippen LogP contribution in [0.5, 0.6) is 0 Å². The predicted molar refractivity (Wildman–Crippen MR) is 111 cm³/mol. The standard InChI is InChI=1S/C24H15N3/c1-4-10-16-13(7-1)19-20-14-8-2-5-11-17(14)26-23(20)24-21(22(19)25-16)15-9-3-6-12-18(15)27-24/h1-12,25-27H/q+1. The summed E-state index contributed by atoms with van der Waals surface area (Å²) in [6.45, 7) is 0. The summed E-state index contributed by atoms with van der Waals surface area (Å²) in [5, 5.41) is 8.78. The highest BCUT2D eigenvalue weighted by molar-refractivity contribution is 6.31. The first-order valence-electron chi connectivity index (χ1n) is 9.23. The zero-order chi connectivity index (χ0) is 17.5. The first-order valence-corrected chi connectivity index (χ1v) is 9.23. The monoisotopic (exact) mass is 345 g/mol. The molecular weight excluding hydrogens is 330 g/mol. The van der Waals surface area contributed by atoms with E-state index in [0.717, 1.165) is 0 Å². The Balaban J connectivity index is 1.85. The first-order chi connectivity index (χ1) is 13.4. The third-order valence-corrected chi connectivity index (χ3v) is 5.87. The summed E-state index contributed by atoms with van der Waals surface area (Å²) in [5.41, 5.74) is 9.65. The number of aromatic nitrogens is 2. The lowest BCUT2D eigenvalue weighted by Crippen LogP contribution is -2.69. The van der Waals surface area contributed by atoms with Crippen molar-refractivity contribution in [3.63, 3.8) is 0 Å². The minimum atomic E-state index is 1.17. The highest BCUT2D eigenvalue weighted by Gasteiger charge is 2.34. The van der Waals surface area contributed by atoms with E-state index in [1.165, 1.54) is 66.1 Å². The molecule has 3 heterocycles. The van der Waals surface area contributed by atoms with Crippen molar-refractivity contribution in [1.29, 1.82) is 0 Å². The molecule has 0 saturated heterocycles. The molecule has 0 unspecified atom stereocenters. The van der Waals surface area contributed by atoms with E-state index >= 15 is 0 Å². The number of hydrogen-bond donors (Lipinski definition) is 3. The molecule has 0 atom stereocenters. The Morgan fingerprint density at radius 2 is 1.19 bits per heavy atom. The number of aromatic amines is 2. The summed E-state index contributed by atoms with van der Waals surface area (Å²) in [6.07, 6.45) is 0. The third-order valence-electron chi connectivity index (χ3n) is 5.87. The normalized spacial score (nSPS) is 13.0. The highest BCUT2D eigenvalue weighted by atomic mass is 14.9. The van der Waals surface area contributed by atoms with E-state index in [4.69, 9.17) is 0 Å². The van der Waals surface area contributed by atoms with Gasteiger partial charge < -0.3 is 9.97 Å². The molecule has 0 spiro atoms. The lowest BCUT2D eigenvalue weighted by molar-refractivity contribution is -0.471. The molecule has 27 heavy (non-hydrogen) atoms. The molecule has 0 fully saturated rings. The van der Waals surface area contributed by atoms with Gasteiger partial charge in [0.05, 0.1) is 27.5 Å². The van der Waals surface area contributed by atoms with E-state index in [1.54, 1.807) is 0 Å². The maximum atomic E-state index is 3.71. The second-order valence-corrected chi connectivity index (χ2v) is 7.26. The molecule has 4 aromatic carbocycles. The lowest BCUT2D eigenvalue weighted by atomic mass is 9.96. The Morgan fingerprint density at radius 1 is 0.593 bits per heavy atom. The highest BCUT2D eigenvalue weighted by Crippen LogP contribution is 2.49. The molecule has 7 rings (SSSR count). The van der Waals surface area contributed by atoms with Crippen molar-refractivity contribution >= 4 is 55.0 Å². The van der Waals surface area contributed by atoms with Crippen LogP contribution in [-0.2, 0) is 0 Å². The fraction of sp³-hybridized carbons (Fsp3) is 0. The van der Waals surface area contributed by atoms with Crippen LogP contribution in [0.1, 0.15) is 0 Å². The minimum Gasteiger partial charge on any atom is -0.353 e. The molecule has 0 bridgehead atoms. The van der Waals surface area contributed by atoms with Crippen LogP contribution < -0.4 is 5.32 Å². The average molecular weight is 345 g/mol. The molecule has 3 nitrogen and oxygen atoms in total. The quantitative estimate of drug-likeness (QED) is 0.336. The molecule has 3 heteroatoms. The maximum Gasteiger partial charge on any atom is 0.203 e. The van der Waals surface area contributed by atoms with Gasteiger partial charge in [-0.3, -0.25) is 0 Å². The number of H-pyrrole nitrogens is 2. The fourth-order valence-electron chi connectivity index (χ4n) is 4.77. The number of anilines is 2. The van der Waals surface area contributed by atoms with Crippen LogP contribution in [0.15, 0.2) is 72.8 Å². The molecule has 1 aliphatic heterocycles. The fourth-order valence-corrected chi connectivity index (χ4v) is 4.77. The van der Waals surface area contributed by atoms with Gasteiger partial charge in [0.1, 0.15) is 0 Å². The van der Waals surface area contributed by atoms with E-state index in [1.807, 2.05) is 0 Å². The van der Waals surface area contributed by atoms with Crippen molar-refractivity contribution in [3.8, 4) is 11.1 Å². The smallest absolute Gasteiger partial charge is 0.203 e. The molecule has 3 N–H and O–H groups in total. The van der Waals surface area contributed by atoms with Crippen LogP contribution >= 0.6 is 0 Å². The number of benzene rings is 4. The maximum absolute atomic E-state index is 3.71. The van der Waals surface area contributed by atoms with Crippen molar-refractivity contribution in [3.05, 3.63) is 72.8 Å². The summed E-state index contributed by atoms with van der Waals surface area (Å²) < 4.78 is 0. The lowest BCUT2D eigenvalue weighted by Gasteiger charge is -2.02. The van der Waals surface area contributed by atoms with Crippen LogP contribution in [0, 0.1) is 0 Å². The van der Waals surface area contributed by atoms with Crippen LogP contribution in [0.3, 0.4) is 0 Å². The molecule has 0 amide bonds. The number of rotatable bonds is 0. The topological polar surface area (TPSA) is 47.2 Å². The van der Waals surface area contributed by atoms with Crippen molar-refractivity contribution < 1.29 is 5.32 Å². The van der Waals surface area contributed by atoms with Gasteiger partial charge in [0.15, 0.2) is 5.69 Å². The van der Waals surface area contributed by atoms with Crippen LogP contribution in [0.25, 0.3) is 54.7 Å². The predicted octanol–water partition coefficient (Wildman–Crippen LogP) is 5.25. The summed E-state index contributed by atoms with van der Waals surface area (Å²) in [4.78, 5) is 7.35. The van der Waals surface area contributed by atoms with Gasteiger partial charge in [0.25, 0.3) is 0 Å². The molecule has 0 aliphatic carbocycles. The number of hydrogen-bond acceptors (Lipinski definition) is 1. The molecule has 0 saturated carbocycles. The van der Waals surface area contributed by atoms with Crippen molar-refractivity contribution in [2.24, 2.45) is 0 Å². The number of para-hydroxylation sites is 3. The van der Waals surface area contributed by atoms with E-state index in [2.05, 4.69) is 88.1 Å². The minimum absolute atomic E-state index is 1.17. The molecular formula is C24H15N3+. The summed E-state index contributed by atoms with van der Waals surface area (Å²) in [5.74, 6) is 0. The van der Waals surface area contributed by atoms with E-state index < -0.39 is 0 Å². The van der Waals surface area contributed by atoms with E-state index in [0.29, 0.717) is 0 Å². The van der Waals surface area contributed by atoms with Gasteiger partial charge >= 0.3 is 0 Å². The van der Waals surface area contributed by atoms with Gasteiger partial charge in [-0.1, -0.05) is 48.5 Å². The summed E-state index contributed by atoms with van der Waals surface area (Å²) in [7, 11) is 0. The Labute approximate surface area is 154 Å². The number of nitrogens with one attached hydrogen (secondary N) is 3. The van der Waals surface area contributed by atoms with Crippen molar-refractivity contribution in [1.82, 2.24) is 9.97 Å². The van der Waals surface area contributed by atoms with Crippen molar-refractivity contribution in [2.75, 3.05) is 0 Å². The summed E-state index contributed by atoms with van der Waals surface area (Å²) >= 11 is 0. The van der Waals surface area contributed by atoms with Crippen LogP contribution in [0.2, 0.25) is 0 Å². The Hall–Kier alpha value is -3.56. The Kier molecular flexibility index (Phi) is 2.31. The zero-order valence-corrected chi connectivity index (χ0v) is 14.4. The van der Waals surface area contributed by atoms with E-state index in [9.17, 15) is 0 Å². The molecule has 2 aromatic heterocycles. The largest absolute Gasteiger partial charge is 0.353 e. The zero-order valence-electron chi connectivity index (χ0n) is 14.4. The second kappa shape index (κ2) is 4.58. The average Bonchev–Trinajstić information content (AvgIpc) is 3.38. The van der Waals surface area contributed by atoms with Gasteiger partial charge in [-0.05, 0) is 18.2 Å². The van der Waals surface area contributed by atoms with Gasteiger partial charge in [-0.25, -0.2) is 0 Å². The number of fused-ring (bicyclic) bond motifs is 12. The molecule has 125 valence electrons. The first kappa shape index (κ1) is 13.6. The van der Waals surface area contributed by atoms with Gasteiger partial charge in [-0.15, -0.1) is 5.32 Å². The van der Waals surface area contributed by atoms with Gasteiger partial charge in [0, 0.05) is 33.3 Å². The van der Waals surface area contributed by atoms with Crippen LogP contribution in [-0.4, -0.2) is 9.97 Å². The second-order valence-electron chi connectivity index (χ2n) is 7.26. The van der Waals surface area contributed by atoms with Crippen molar-refractivity contribution in [2.45, 2.75) is 0 Å². The van der Waals surface area contributed by atoms with Gasteiger partial charge in [0.2, 0.25) is 5.69 Å². The SMILES string of the molecule is c1ccc2c(c1)[NH+]c1c-2c2c3ccccc3[nH]c2c2[nH]c3ccccc3c12.